The van der Waals surface area contributed by atoms with Gasteiger partial charge >= 0.3 is 6.61 Å². The standard InChI is InChI=1S/C16H13BrF3NO3/c1-23-14-4-9(2-3-13(14)24-16(19)20)8-21-15(22)10-5-11(17)7-12(18)6-10/h2-7,16H,8H2,1H3,(H,21,22). The van der Waals surface area contributed by atoms with Crippen LogP contribution in [0.2, 0.25) is 0 Å². The summed E-state index contributed by atoms with van der Waals surface area (Å²) in [5.41, 5.74) is 0.767. The Morgan fingerprint density at radius 3 is 2.58 bits per heavy atom. The maximum absolute atomic E-state index is 13.3. The minimum atomic E-state index is -2.96. The minimum absolute atomic E-state index is 0.100. The van der Waals surface area contributed by atoms with Gasteiger partial charge in [-0.2, -0.15) is 8.78 Å². The molecule has 0 heterocycles. The molecule has 4 nitrogen and oxygen atoms in total. The van der Waals surface area contributed by atoms with Crippen LogP contribution >= 0.6 is 15.9 Å². The molecule has 0 fully saturated rings. The lowest BCUT2D eigenvalue weighted by atomic mass is 10.1. The van der Waals surface area contributed by atoms with E-state index in [1.165, 1.54) is 37.4 Å². The lowest BCUT2D eigenvalue weighted by molar-refractivity contribution is -0.0512. The number of carbonyl (C=O) groups is 1. The molecule has 0 aliphatic carbocycles. The van der Waals surface area contributed by atoms with Crippen LogP contribution in [0.15, 0.2) is 40.9 Å². The molecular formula is C16H13BrF3NO3. The summed E-state index contributed by atoms with van der Waals surface area (Å²) in [7, 11) is 1.32. The number of carbonyl (C=O) groups excluding carboxylic acids is 1. The van der Waals surface area contributed by atoms with Gasteiger partial charge in [-0.05, 0) is 35.9 Å². The highest BCUT2D eigenvalue weighted by Gasteiger charge is 2.12. The van der Waals surface area contributed by atoms with Crippen molar-refractivity contribution in [3.05, 3.63) is 57.8 Å². The highest BCUT2D eigenvalue weighted by Crippen LogP contribution is 2.29. The molecule has 0 unspecified atom stereocenters. The van der Waals surface area contributed by atoms with E-state index < -0.39 is 18.3 Å². The highest BCUT2D eigenvalue weighted by molar-refractivity contribution is 9.10. The van der Waals surface area contributed by atoms with Crippen LogP contribution in [-0.2, 0) is 6.54 Å². The zero-order valence-electron chi connectivity index (χ0n) is 12.5. The predicted molar refractivity (Wildman–Crippen MR) is 84.9 cm³/mol. The first-order valence-corrected chi connectivity index (χ1v) is 7.54. The Labute approximate surface area is 144 Å². The van der Waals surface area contributed by atoms with Crippen LogP contribution < -0.4 is 14.8 Å². The van der Waals surface area contributed by atoms with Gasteiger partial charge in [0.1, 0.15) is 5.82 Å². The number of hydrogen-bond donors (Lipinski definition) is 1. The van der Waals surface area contributed by atoms with Crippen LogP contribution in [0.25, 0.3) is 0 Å². The van der Waals surface area contributed by atoms with Crippen molar-refractivity contribution in [2.45, 2.75) is 13.2 Å². The SMILES string of the molecule is COc1cc(CNC(=O)c2cc(F)cc(Br)c2)ccc1OC(F)F. The highest BCUT2D eigenvalue weighted by atomic mass is 79.9. The number of methoxy groups -OCH3 is 1. The van der Waals surface area contributed by atoms with E-state index in [2.05, 4.69) is 26.0 Å². The molecule has 1 N–H and O–H groups in total. The van der Waals surface area contributed by atoms with Gasteiger partial charge in [0.25, 0.3) is 5.91 Å². The fourth-order valence-electron chi connectivity index (χ4n) is 1.98. The van der Waals surface area contributed by atoms with Gasteiger partial charge in [0.2, 0.25) is 0 Å². The Balaban J connectivity index is 2.07. The first-order valence-electron chi connectivity index (χ1n) is 6.75. The number of alkyl halides is 2. The first kappa shape index (κ1) is 18.1. The second-order valence-electron chi connectivity index (χ2n) is 4.70. The molecule has 0 aromatic heterocycles. The van der Waals surface area contributed by atoms with Gasteiger partial charge < -0.3 is 14.8 Å². The molecule has 8 heteroatoms. The van der Waals surface area contributed by atoms with Gasteiger partial charge in [-0.1, -0.05) is 22.0 Å². The Kier molecular flexibility index (Phi) is 6.08. The van der Waals surface area contributed by atoms with Crippen molar-refractivity contribution in [1.82, 2.24) is 5.32 Å². The molecular weight excluding hydrogens is 391 g/mol. The average Bonchev–Trinajstić information content (AvgIpc) is 2.52. The molecule has 0 saturated carbocycles. The second-order valence-corrected chi connectivity index (χ2v) is 5.62. The van der Waals surface area contributed by atoms with Gasteiger partial charge in [-0.25, -0.2) is 4.39 Å². The number of nitrogens with one attached hydrogen (secondary N) is 1. The number of ether oxygens (including phenoxy) is 2. The number of halogens is 4. The summed E-state index contributed by atoms with van der Waals surface area (Å²) in [4.78, 5) is 12.0. The lowest BCUT2D eigenvalue weighted by Crippen LogP contribution is -2.23. The van der Waals surface area contributed by atoms with Crippen LogP contribution in [0.3, 0.4) is 0 Å². The molecule has 2 aromatic rings. The van der Waals surface area contributed by atoms with Crippen molar-refractivity contribution in [3.8, 4) is 11.5 Å². The normalized spacial score (nSPS) is 10.6. The Morgan fingerprint density at radius 2 is 1.96 bits per heavy atom. The maximum Gasteiger partial charge on any atom is 0.387 e. The predicted octanol–water partition coefficient (Wildman–Crippen LogP) is 4.13. The molecule has 0 atom stereocenters. The van der Waals surface area contributed by atoms with Crippen molar-refractivity contribution in [2.75, 3.05) is 7.11 Å². The molecule has 2 rings (SSSR count). The molecule has 24 heavy (non-hydrogen) atoms. The van der Waals surface area contributed by atoms with Gasteiger partial charge in [0, 0.05) is 16.6 Å². The smallest absolute Gasteiger partial charge is 0.387 e. The van der Waals surface area contributed by atoms with E-state index >= 15 is 0 Å². The van der Waals surface area contributed by atoms with E-state index in [0.29, 0.717) is 10.0 Å². The van der Waals surface area contributed by atoms with Gasteiger partial charge in [-0.15, -0.1) is 0 Å². The zero-order valence-corrected chi connectivity index (χ0v) is 14.1. The van der Waals surface area contributed by atoms with Crippen LogP contribution in [0, 0.1) is 5.82 Å². The van der Waals surface area contributed by atoms with Crippen LogP contribution in [0.4, 0.5) is 13.2 Å². The molecule has 0 bridgehead atoms. The molecule has 0 radical (unpaired) electrons. The Bertz CT molecular complexity index is 720. The zero-order chi connectivity index (χ0) is 17.7. The fourth-order valence-corrected chi connectivity index (χ4v) is 2.45. The van der Waals surface area contributed by atoms with Crippen molar-refractivity contribution >= 4 is 21.8 Å². The minimum Gasteiger partial charge on any atom is -0.493 e. The van der Waals surface area contributed by atoms with Crippen molar-refractivity contribution in [3.63, 3.8) is 0 Å². The van der Waals surface area contributed by atoms with E-state index in [0.717, 1.165) is 6.07 Å². The van der Waals surface area contributed by atoms with E-state index in [1.807, 2.05) is 0 Å². The molecule has 0 saturated heterocycles. The van der Waals surface area contributed by atoms with Gasteiger partial charge in [0.15, 0.2) is 11.5 Å². The van der Waals surface area contributed by atoms with Crippen molar-refractivity contribution < 1.29 is 27.4 Å². The summed E-state index contributed by atoms with van der Waals surface area (Å²) in [5.74, 6) is -0.987. The third-order valence-corrected chi connectivity index (χ3v) is 3.48. The summed E-state index contributed by atoms with van der Waals surface area (Å²) in [6.45, 7) is -2.85. The summed E-state index contributed by atoms with van der Waals surface area (Å²) in [5, 5.41) is 2.61. The van der Waals surface area contributed by atoms with E-state index in [4.69, 9.17) is 4.74 Å². The van der Waals surface area contributed by atoms with Gasteiger partial charge in [-0.3, -0.25) is 4.79 Å². The summed E-state index contributed by atoms with van der Waals surface area (Å²) in [6, 6.07) is 8.15. The van der Waals surface area contributed by atoms with Crippen LogP contribution in [-0.4, -0.2) is 19.6 Å². The maximum atomic E-state index is 13.3. The number of amides is 1. The average molecular weight is 404 g/mol. The molecule has 1 amide bonds. The monoisotopic (exact) mass is 403 g/mol. The fraction of sp³-hybridized carbons (Fsp3) is 0.188. The number of hydrogen-bond acceptors (Lipinski definition) is 3. The molecule has 128 valence electrons. The summed E-state index contributed by atoms with van der Waals surface area (Å²) >= 11 is 3.11. The van der Waals surface area contributed by atoms with E-state index in [9.17, 15) is 18.0 Å². The number of benzene rings is 2. The molecule has 0 spiro atoms. The third kappa shape index (κ3) is 4.89. The quantitative estimate of drug-likeness (QED) is 0.788. The van der Waals surface area contributed by atoms with Crippen LogP contribution in [0.1, 0.15) is 15.9 Å². The third-order valence-electron chi connectivity index (χ3n) is 3.02. The van der Waals surface area contributed by atoms with Crippen molar-refractivity contribution in [1.29, 1.82) is 0 Å². The first-order chi connectivity index (χ1) is 11.4. The molecule has 2 aromatic carbocycles. The lowest BCUT2D eigenvalue weighted by Gasteiger charge is -2.12. The summed E-state index contributed by atoms with van der Waals surface area (Å²) < 4.78 is 47.6. The Hall–Kier alpha value is -2.22. The van der Waals surface area contributed by atoms with E-state index in [1.54, 1.807) is 0 Å². The Morgan fingerprint density at radius 1 is 1.21 bits per heavy atom. The topological polar surface area (TPSA) is 47.6 Å². The van der Waals surface area contributed by atoms with Crippen LogP contribution in [0.5, 0.6) is 11.5 Å². The van der Waals surface area contributed by atoms with Crippen molar-refractivity contribution in [2.24, 2.45) is 0 Å². The molecule has 0 aliphatic heterocycles. The second kappa shape index (κ2) is 8.05. The molecule has 0 aliphatic rings. The number of rotatable bonds is 6. The van der Waals surface area contributed by atoms with Gasteiger partial charge in [0.05, 0.1) is 7.11 Å². The summed E-state index contributed by atoms with van der Waals surface area (Å²) in [6.07, 6.45) is 0. The largest absolute Gasteiger partial charge is 0.493 e. The van der Waals surface area contributed by atoms with E-state index in [-0.39, 0.29) is 23.6 Å².